The number of rotatable bonds is 6. The first kappa shape index (κ1) is 20.4. The summed E-state index contributed by atoms with van der Waals surface area (Å²) in [5.74, 6) is 1.12. The SMILES string of the molecule is Cc1ccc(C(=O)N2CCC[C@H](COc3ccc(C(=O)NC(C)C)cc3)C2)s1. The maximum absolute atomic E-state index is 12.7. The third-order valence-corrected chi connectivity index (χ3v) is 5.77. The van der Waals surface area contributed by atoms with Crippen molar-refractivity contribution in [1.82, 2.24) is 10.2 Å². The van der Waals surface area contributed by atoms with Crippen LogP contribution in [0.2, 0.25) is 0 Å². The topological polar surface area (TPSA) is 58.6 Å². The summed E-state index contributed by atoms with van der Waals surface area (Å²) in [5, 5.41) is 2.88. The van der Waals surface area contributed by atoms with Crippen LogP contribution in [0.1, 0.15) is 51.6 Å². The van der Waals surface area contributed by atoms with Gasteiger partial charge in [0.25, 0.3) is 11.8 Å². The van der Waals surface area contributed by atoms with Crippen LogP contribution in [0.5, 0.6) is 5.75 Å². The van der Waals surface area contributed by atoms with Crippen LogP contribution in [-0.2, 0) is 0 Å². The van der Waals surface area contributed by atoms with Gasteiger partial charge < -0.3 is 15.0 Å². The van der Waals surface area contributed by atoms with E-state index >= 15 is 0 Å². The van der Waals surface area contributed by atoms with E-state index < -0.39 is 0 Å². The molecule has 0 unspecified atom stereocenters. The van der Waals surface area contributed by atoms with Gasteiger partial charge in [0.05, 0.1) is 11.5 Å². The minimum absolute atomic E-state index is 0.0770. The first-order valence-corrected chi connectivity index (χ1v) is 10.6. The van der Waals surface area contributed by atoms with Crippen molar-refractivity contribution in [3.8, 4) is 5.75 Å². The predicted octanol–water partition coefficient (Wildman–Crippen LogP) is 4.13. The molecule has 0 spiro atoms. The lowest BCUT2D eigenvalue weighted by Gasteiger charge is -2.32. The van der Waals surface area contributed by atoms with Gasteiger partial charge in [-0.25, -0.2) is 0 Å². The second-order valence-corrected chi connectivity index (χ2v) is 8.92. The second-order valence-electron chi connectivity index (χ2n) is 7.63. The second kappa shape index (κ2) is 9.24. The Balaban J connectivity index is 1.51. The van der Waals surface area contributed by atoms with Crippen molar-refractivity contribution in [2.75, 3.05) is 19.7 Å². The number of ether oxygens (including phenoxy) is 1. The van der Waals surface area contributed by atoms with Gasteiger partial charge in [0.15, 0.2) is 0 Å². The molecule has 1 aromatic heterocycles. The maximum Gasteiger partial charge on any atom is 0.263 e. The van der Waals surface area contributed by atoms with Crippen molar-refractivity contribution in [1.29, 1.82) is 0 Å². The van der Waals surface area contributed by atoms with Crippen LogP contribution in [-0.4, -0.2) is 42.5 Å². The van der Waals surface area contributed by atoms with Crippen molar-refractivity contribution in [2.24, 2.45) is 5.92 Å². The number of benzene rings is 1. The molecule has 1 aromatic carbocycles. The summed E-state index contributed by atoms with van der Waals surface area (Å²) in [6.45, 7) is 8.01. The molecule has 5 nitrogen and oxygen atoms in total. The highest BCUT2D eigenvalue weighted by atomic mass is 32.1. The van der Waals surface area contributed by atoms with E-state index in [1.807, 2.05) is 49.9 Å². The normalized spacial score (nSPS) is 16.9. The third kappa shape index (κ3) is 5.35. The summed E-state index contributed by atoms with van der Waals surface area (Å²) in [5.41, 5.74) is 0.627. The number of nitrogens with zero attached hydrogens (tertiary/aromatic N) is 1. The third-order valence-electron chi connectivity index (χ3n) is 4.78. The Hall–Kier alpha value is -2.34. The van der Waals surface area contributed by atoms with Crippen molar-refractivity contribution in [3.63, 3.8) is 0 Å². The summed E-state index contributed by atoms with van der Waals surface area (Å²) < 4.78 is 5.93. The maximum atomic E-state index is 12.7. The number of carbonyl (C=O) groups excluding carboxylic acids is 2. The zero-order chi connectivity index (χ0) is 20.1. The Labute approximate surface area is 170 Å². The number of carbonyl (C=O) groups is 2. The van der Waals surface area contributed by atoms with Crippen LogP contribution in [0.3, 0.4) is 0 Å². The fourth-order valence-corrected chi connectivity index (χ4v) is 4.19. The molecular formula is C22H28N2O3S. The number of amides is 2. The van der Waals surface area contributed by atoms with E-state index in [9.17, 15) is 9.59 Å². The lowest BCUT2D eigenvalue weighted by atomic mass is 9.99. The first-order chi connectivity index (χ1) is 13.4. The van der Waals surface area contributed by atoms with Gasteiger partial charge in [0.2, 0.25) is 0 Å². The minimum atomic E-state index is -0.0770. The van der Waals surface area contributed by atoms with Crippen LogP contribution in [0.25, 0.3) is 0 Å². The standard InChI is InChI=1S/C22H28N2O3S/c1-15(2)23-21(25)18-7-9-19(10-8-18)27-14-17-5-4-12-24(13-17)22(26)20-11-6-16(3)28-20/h6-11,15,17H,4-5,12-14H2,1-3H3,(H,23,25)/t17-/m0/s1. The quantitative estimate of drug-likeness (QED) is 0.793. The van der Waals surface area contributed by atoms with Crippen molar-refractivity contribution >= 4 is 23.2 Å². The predicted molar refractivity (Wildman–Crippen MR) is 112 cm³/mol. The van der Waals surface area contributed by atoms with Gasteiger partial charge in [0.1, 0.15) is 5.75 Å². The van der Waals surface area contributed by atoms with E-state index in [2.05, 4.69) is 5.32 Å². The van der Waals surface area contributed by atoms with Crippen molar-refractivity contribution < 1.29 is 14.3 Å². The Morgan fingerprint density at radius 3 is 2.61 bits per heavy atom. The van der Waals surface area contributed by atoms with E-state index in [-0.39, 0.29) is 17.9 Å². The summed E-state index contributed by atoms with van der Waals surface area (Å²) >= 11 is 1.55. The molecule has 0 bridgehead atoms. The molecule has 1 aliphatic rings. The minimum Gasteiger partial charge on any atom is -0.493 e. The smallest absolute Gasteiger partial charge is 0.263 e. The molecule has 2 amide bonds. The molecule has 0 saturated carbocycles. The highest BCUT2D eigenvalue weighted by molar-refractivity contribution is 7.13. The van der Waals surface area contributed by atoms with E-state index in [1.54, 1.807) is 23.5 Å². The number of piperidine rings is 1. The van der Waals surface area contributed by atoms with E-state index in [0.717, 1.165) is 41.4 Å². The molecule has 150 valence electrons. The van der Waals surface area contributed by atoms with Gasteiger partial charge in [-0.2, -0.15) is 0 Å². The van der Waals surface area contributed by atoms with E-state index in [1.165, 1.54) is 0 Å². The number of hydrogen-bond donors (Lipinski definition) is 1. The van der Waals surface area contributed by atoms with Gasteiger partial charge in [0, 0.05) is 35.5 Å². The largest absolute Gasteiger partial charge is 0.493 e. The molecule has 1 atom stereocenters. The van der Waals surface area contributed by atoms with Crippen LogP contribution in [0, 0.1) is 12.8 Å². The average molecular weight is 401 g/mol. The van der Waals surface area contributed by atoms with Gasteiger partial charge in [-0.15, -0.1) is 11.3 Å². The molecular weight excluding hydrogens is 372 g/mol. The molecule has 2 heterocycles. The number of likely N-dealkylation sites (tertiary alicyclic amines) is 1. The highest BCUT2D eigenvalue weighted by Crippen LogP contribution is 2.23. The zero-order valence-electron chi connectivity index (χ0n) is 16.7. The molecule has 2 aromatic rings. The van der Waals surface area contributed by atoms with Crippen molar-refractivity contribution in [3.05, 3.63) is 51.7 Å². The van der Waals surface area contributed by atoms with E-state index in [4.69, 9.17) is 4.74 Å². The number of hydrogen-bond acceptors (Lipinski definition) is 4. The van der Waals surface area contributed by atoms with Crippen LogP contribution in [0.4, 0.5) is 0 Å². The Kier molecular flexibility index (Phi) is 6.73. The van der Waals surface area contributed by atoms with Gasteiger partial charge in [-0.1, -0.05) is 0 Å². The molecule has 1 fully saturated rings. The fourth-order valence-electron chi connectivity index (χ4n) is 3.35. The molecule has 1 N–H and O–H groups in total. The summed E-state index contributed by atoms with van der Waals surface area (Å²) in [6, 6.07) is 11.2. The molecule has 1 aliphatic heterocycles. The fraction of sp³-hybridized carbons (Fsp3) is 0.455. The number of thiophene rings is 1. The number of aryl methyl sites for hydroxylation is 1. The Morgan fingerprint density at radius 1 is 1.21 bits per heavy atom. The van der Waals surface area contributed by atoms with Crippen LogP contribution in [0.15, 0.2) is 36.4 Å². The summed E-state index contributed by atoms with van der Waals surface area (Å²) in [7, 11) is 0. The Morgan fingerprint density at radius 2 is 1.96 bits per heavy atom. The average Bonchev–Trinajstić information content (AvgIpc) is 3.12. The van der Waals surface area contributed by atoms with Crippen molar-refractivity contribution in [2.45, 2.75) is 39.7 Å². The Bertz CT molecular complexity index is 813. The van der Waals surface area contributed by atoms with Gasteiger partial charge in [-0.3, -0.25) is 9.59 Å². The summed E-state index contributed by atoms with van der Waals surface area (Å²) in [6.07, 6.45) is 2.06. The van der Waals surface area contributed by atoms with Crippen LogP contribution < -0.4 is 10.1 Å². The zero-order valence-corrected chi connectivity index (χ0v) is 17.6. The number of nitrogens with one attached hydrogen (secondary N) is 1. The monoisotopic (exact) mass is 400 g/mol. The van der Waals surface area contributed by atoms with E-state index in [0.29, 0.717) is 18.1 Å². The molecule has 0 radical (unpaired) electrons. The lowest BCUT2D eigenvalue weighted by Crippen LogP contribution is -2.41. The van der Waals surface area contributed by atoms with Gasteiger partial charge >= 0.3 is 0 Å². The molecule has 28 heavy (non-hydrogen) atoms. The van der Waals surface area contributed by atoms with Gasteiger partial charge in [-0.05, 0) is 70.0 Å². The molecule has 1 saturated heterocycles. The molecule has 3 rings (SSSR count). The first-order valence-electron chi connectivity index (χ1n) is 9.82. The van der Waals surface area contributed by atoms with Crippen LogP contribution >= 0.6 is 11.3 Å². The summed E-state index contributed by atoms with van der Waals surface area (Å²) in [4.78, 5) is 28.6. The molecule has 6 heteroatoms. The lowest BCUT2D eigenvalue weighted by molar-refractivity contribution is 0.0638. The molecule has 0 aliphatic carbocycles. The highest BCUT2D eigenvalue weighted by Gasteiger charge is 2.25.